The molecule has 0 spiro atoms. The van der Waals surface area contributed by atoms with Crippen LogP contribution < -0.4 is 4.90 Å². The lowest BCUT2D eigenvalue weighted by atomic mass is 9.90. The van der Waals surface area contributed by atoms with Crippen molar-refractivity contribution in [1.29, 1.82) is 0 Å². The summed E-state index contributed by atoms with van der Waals surface area (Å²) in [5, 5.41) is 0. The molecule has 0 aromatic heterocycles. The van der Waals surface area contributed by atoms with Crippen LogP contribution >= 0.6 is 0 Å². The molecule has 0 saturated carbocycles. The molecule has 128 valence electrons. The number of hydrogen-bond acceptors (Lipinski definition) is 4. The van der Waals surface area contributed by atoms with Crippen LogP contribution in [-0.4, -0.2) is 18.9 Å². The van der Waals surface area contributed by atoms with E-state index >= 15 is 0 Å². The van der Waals surface area contributed by atoms with E-state index in [1.54, 1.807) is 6.08 Å². The van der Waals surface area contributed by atoms with Crippen molar-refractivity contribution in [3.63, 3.8) is 0 Å². The van der Waals surface area contributed by atoms with E-state index < -0.39 is 5.92 Å². The summed E-state index contributed by atoms with van der Waals surface area (Å²) in [5.74, 6) is -0.781. The monoisotopic (exact) mass is 335 g/mol. The highest BCUT2D eigenvalue weighted by Crippen LogP contribution is 2.30. The van der Waals surface area contributed by atoms with E-state index in [0.717, 1.165) is 16.9 Å². The van der Waals surface area contributed by atoms with Gasteiger partial charge in [0.1, 0.15) is 0 Å². The average Bonchev–Trinajstić information content (AvgIpc) is 2.66. The Bertz CT molecular complexity index is 768. The molecule has 0 radical (unpaired) electrons. The second kappa shape index (κ2) is 7.79. The number of anilines is 1. The number of para-hydroxylation sites is 1. The number of carbonyl (C=O) groups is 2. The molecule has 1 atom stereocenters. The second-order valence-corrected chi connectivity index (χ2v) is 6.14. The van der Waals surface area contributed by atoms with Crippen molar-refractivity contribution in [3.8, 4) is 0 Å². The molecule has 1 aliphatic carbocycles. The third kappa shape index (κ3) is 4.15. The fourth-order valence-electron chi connectivity index (χ4n) is 3.13. The van der Waals surface area contributed by atoms with E-state index in [9.17, 15) is 9.59 Å². The third-order valence-corrected chi connectivity index (χ3v) is 4.36. The normalized spacial score (nSPS) is 16.9. The van der Waals surface area contributed by atoms with Crippen LogP contribution in [0.1, 0.15) is 18.4 Å². The summed E-state index contributed by atoms with van der Waals surface area (Å²) < 4.78 is 4.85. The third-order valence-electron chi connectivity index (χ3n) is 4.36. The Morgan fingerprint density at radius 3 is 2.32 bits per heavy atom. The van der Waals surface area contributed by atoms with Crippen LogP contribution in [0.4, 0.5) is 5.69 Å². The van der Waals surface area contributed by atoms with Gasteiger partial charge in [0.25, 0.3) is 0 Å². The maximum Gasteiger partial charge on any atom is 0.309 e. The predicted molar refractivity (Wildman–Crippen MR) is 96.9 cm³/mol. The Hall–Kier alpha value is -2.88. The molecule has 2 aromatic carbocycles. The number of allylic oxidation sites excluding steroid dienone is 2. The van der Waals surface area contributed by atoms with Crippen molar-refractivity contribution >= 4 is 17.4 Å². The Morgan fingerprint density at radius 2 is 1.68 bits per heavy atom. The maximum absolute atomic E-state index is 12.2. The second-order valence-electron chi connectivity index (χ2n) is 6.14. The highest BCUT2D eigenvalue weighted by atomic mass is 16.5. The zero-order valence-electron chi connectivity index (χ0n) is 14.2. The Morgan fingerprint density at radius 1 is 1.04 bits per heavy atom. The largest absolute Gasteiger partial charge is 0.469 e. The number of nitrogens with zero attached hydrogens (tertiary/aromatic N) is 1. The van der Waals surface area contributed by atoms with Gasteiger partial charge in [-0.3, -0.25) is 9.59 Å². The van der Waals surface area contributed by atoms with Gasteiger partial charge in [0.2, 0.25) is 0 Å². The molecule has 0 heterocycles. The lowest BCUT2D eigenvalue weighted by Crippen LogP contribution is -2.31. The number of esters is 1. The van der Waals surface area contributed by atoms with Crippen LogP contribution in [0.2, 0.25) is 0 Å². The first-order valence-corrected chi connectivity index (χ1v) is 8.35. The van der Waals surface area contributed by atoms with Gasteiger partial charge >= 0.3 is 5.97 Å². The summed E-state index contributed by atoms with van der Waals surface area (Å²) in [6.07, 6.45) is 2.37. The first kappa shape index (κ1) is 17.0. The van der Waals surface area contributed by atoms with Gasteiger partial charge in [-0.05, 0) is 17.7 Å². The summed E-state index contributed by atoms with van der Waals surface area (Å²) in [4.78, 5) is 26.2. The summed E-state index contributed by atoms with van der Waals surface area (Å²) in [5.41, 5.74) is 2.98. The van der Waals surface area contributed by atoms with Gasteiger partial charge in [-0.1, -0.05) is 48.5 Å². The number of rotatable bonds is 5. The molecule has 0 fully saturated rings. The average molecular weight is 335 g/mol. The van der Waals surface area contributed by atoms with Crippen LogP contribution in [0.5, 0.6) is 0 Å². The van der Waals surface area contributed by atoms with E-state index in [1.165, 1.54) is 7.11 Å². The van der Waals surface area contributed by atoms with E-state index in [-0.39, 0.29) is 18.2 Å². The zero-order chi connectivity index (χ0) is 17.6. The molecule has 0 aliphatic heterocycles. The number of carbonyl (C=O) groups excluding carboxylic acids is 2. The molecule has 2 aromatic rings. The van der Waals surface area contributed by atoms with E-state index in [2.05, 4.69) is 17.0 Å². The van der Waals surface area contributed by atoms with Gasteiger partial charge < -0.3 is 9.64 Å². The minimum atomic E-state index is -0.417. The Kier molecular flexibility index (Phi) is 5.29. The van der Waals surface area contributed by atoms with Gasteiger partial charge in [-0.25, -0.2) is 0 Å². The fourth-order valence-corrected chi connectivity index (χ4v) is 3.13. The number of ketones is 1. The highest BCUT2D eigenvalue weighted by molar-refractivity contribution is 5.95. The standard InChI is InChI=1S/C21H21NO3/c1-25-21(24)17-12-19(14-20(23)13-17)22(18-10-6-3-7-11-18)15-16-8-4-2-5-9-16/h2-11,14,17H,12-13,15H2,1H3. The number of ether oxygens (including phenoxy) is 1. The molecule has 0 amide bonds. The Balaban J connectivity index is 1.93. The fraction of sp³-hybridized carbons (Fsp3) is 0.238. The van der Waals surface area contributed by atoms with Gasteiger partial charge in [-0.2, -0.15) is 0 Å². The van der Waals surface area contributed by atoms with Crippen molar-refractivity contribution in [2.75, 3.05) is 12.0 Å². The van der Waals surface area contributed by atoms with Crippen LogP contribution in [-0.2, 0) is 20.9 Å². The van der Waals surface area contributed by atoms with Crippen LogP contribution in [0.25, 0.3) is 0 Å². The summed E-state index contributed by atoms with van der Waals surface area (Å²) in [7, 11) is 1.36. The van der Waals surface area contributed by atoms with Crippen LogP contribution in [0.3, 0.4) is 0 Å². The minimum Gasteiger partial charge on any atom is -0.469 e. The molecule has 1 aliphatic rings. The number of benzene rings is 2. The van der Waals surface area contributed by atoms with E-state index in [4.69, 9.17) is 4.74 Å². The molecule has 25 heavy (non-hydrogen) atoms. The van der Waals surface area contributed by atoms with Gasteiger partial charge in [-0.15, -0.1) is 0 Å². The lowest BCUT2D eigenvalue weighted by molar-refractivity contribution is -0.147. The summed E-state index contributed by atoms with van der Waals surface area (Å²) in [6, 6.07) is 20.0. The van der Waals surface area contributed by atoms with E-state index in [1.807, 2.05) is 48.5 Å². The smallest absolute Gasteiger partial charge is 0.309 e. The maximum atomic E-state index is 12.2. The molecule has 4 heteroatoms. The summed E-state index contributed by atoms with van der Waals surface area (Å²) >= 11 is 0. The topological polar surface area (TPSA) is 46.6 Å². The van der Waals surface area contributed by atoms with Crippen LogP contribution in [0, 0.1) is 5.92 Å². The van der Waals surface area contributed by atoms with Crippen molar-refractivity contribution in [2.45, 2.75) is 19.4 Å². The predicted octanol–water partition coefficient (Wildman–Crippen LogP) is 3.73. The van der Waals surface area contributed by atoms with Gasteiger partial charge in [0.05, 0.1) is 13.0 Å². The van der Waals surface area contributed by atoms with Crippen molar-refractivity contribution in [1.82, 2.24) is 0 Å². The quantitative estimate of drug-likeness (QED) is 0.781. The van der Waals surface area contributed by atoms with E-state index in [0.29, 0.717) is 13.0 Å². The molecular weight excluding hydrogens is 314 g/mol. The molecule has 0 saturated heterocycles. The summed E-state index contributed by atoms with van der Waals surface area (Å²) in [6.45, 7) is 0.637. The molecular formula is C21H21NO3. The highest BCUT2D eigenvalue weighted by Gasteiger charge is 2.30. The first-order chi connectivity index (χ1) is 12.2. The molecule has 0 N–H and O–H groups in total. The minimum absolute atomic E-state index is 0.0364. The Labute approximate surface area is 147 Å². The molecule has 0 bridgehead atoms. The van der Waals surface area contributed by atoms with Gasteiger partial charge in [0.15, 0.2) is 5.78 Å². The van der Waals surface area contributed by atoms with Crippen molar-refractivity contribution in [2.24, 2.45) is 5.92 Å². The molecule has 3 rings (SSSR count). The zero-order valence-corrected chi connectivity index (χ0v) is 14.2. The van der Waals surface area contributed by atoms with Crippen LogP contribution in [0.15, 0.2) is 72.4 Å². The molecule has 4 nitrogen and oxygen atoms in total. The number of hydrogen-bond donors (Lipinski definition) is 0. The van der Waals surface area contributed by atoms with Crippen molar-refractivity contribution in [3.05, 3.63) is 78.0 Å². The molecule has 1 unspecified atom stereocenters. The van der Waals surface area contributed by atoms with Gasteiger partial charge in [0, 0.05) is 36.8 Å². The number of methoxy groups -OCH3 is 1. The van der Waals surface area contributed by atoms with Crippen molar-refractivity contribution < 1.29 is 14.3 Å². The first-order valence-electron chi connectivity index (χ1n) is 8.35. The SMILES string of the molecule is COC(=O)C1CC(=O)C=C(N(Cc2ccccc2)c2ccccc2)C1. The lowest BCUT2D eigenvalue weighted by Gasteiger charge is -2.31.